The van der Waals surface area contributed by atoms with Crippen LogP contribution in [-0.4, -0.2) is 19.0 Å². The lowest BCUT2D eigenvalue weighted by molar-refractivity contribution is -0.119. The number of anilines is 1. The second-order valence-electron chi connectivity index (χ2n) is 5.67. The first-order valence-electron chi connectivity index (χ1n) is 7.90. The van der Waals surface area contributed by atoms with E-state index in [-0.39, 0.29) is 11.8 Å². The summed E-state index contributed by atoms with van der Waals surface area (Å²) in [5, 5.41) is 6.43. The van der Waals surface area contributed by atoms with Gasteiger partial charge in [0, 0.05) is 11.6 Å². The van der Waals surface area contributed by atoms with Crippen LogP contribution in [0, 0.1) is 5.92 Å². The van der Waals surface area contributed by atoms with Crippen LogP contribution in [0.5, 0.6) is 0 Å². The number of carbonyl (C=O) groups excluding carboxylic acids is 1. The second-order valence-corrected chi connectivity index (χ2v) is 5.67. The van der Waals surface area contributed by atoms with E-state index in [0.29, 0.717) is 0 Å². The number of amides is 1. The number of benzene rings is 1. The molecule has 0 bridgehead atoms. The van der Waals surface area contributed by atoms with E-state index >= 15 is 0 Å². The molecular formula is C17H26N2O. The lowest BCUT2D eigenvalue weighted by atomic mass is 10.1. The van der Waals surface area contributed by atoms with Gasteiger partial charge in [-0.1, -0.05) is 31.9 Å². The molecule has 0 saturated heterocycles. The summed E-state index contributed by atoms with van der Waals surface area (Å²) < 4.78 is 0. The van der Waals surface area contributed by atoms with Gasteiger partial charge in [-0.3, -0.25) is 4.79 Å². The average Bonchev–Trinajstić information content (AvgIpc) is 3.00. The molecule has 1 amide bonds. The van der Waals surface area contributed by atoms with Crippen molar-refractivity contribution in [3.05, 3.63) is 29.8 Å². The van der Waals surface area contributed by atoms with E-state index in [4.69, 9.17) is 0 Å². The van der Waals surface area contributed by atoms with E-state index in [9.17, 15) is 4.79 Å². The molecule has 1 aromatic carbocycles. The second kappa shape index (κ2) is 8.05. The molecule has 3 heteroatoms. The molecule has 2 N–H and O–H groups in total. The van der Waals surface area contributed by atoms with Crippen LogP contribution in [0.25, 0.3) is 0 Å². The topological polar surface area (TPSA) is 41.1 Å². The minimum Gasteiger partial charge on any atom is -0.326 e. The molecule has 0 spiro atoms. The van der Waals surface area contributed by atoms with Crippen molar-refractivity contribution < 1.29 is 4.79 Å². The van der Waals surface area contributed by atoms with Crippen LogP contribution in [-0.2, 0) is 11.2 Å². The molecule has 0 atom stereocenters. The van der Waals surface area contributed by atoms with Crippen molar-refractivity contribution in [3.8, 4) is 0 Å². The Morgan fingerprint density at radius 1 is 1.15 bits per heavy atom. The molecule has 1 aliphatic rings. The van der Waals surface area contributed by atoms with Crippen LogP contribution in [0.4, 0.5) is 5.69 Å². The number of carbonyl (C=O) groups is 1. The highest BCUT2D eigenvalue weighted by molar-refractivity contribution is 5.92. The standard InChI is InChI=1S/C17H26N2O/c1-2-12-18-13-11-14-7-9-16(10-8-14)19-17(20)15-5-3-4-6-15/h7-10,15,18H,2-6,11-13H2,1H3,(H,19,20). The predicted octanol–water partition coefficient (Wildman–Crippen LogP) is 3.36. The highest BCUT2D eigenvalue weighted by atomic mass is 16.1. The molecule has 20 heavy (non-hydrogen) atoms. The fourth-order valence-corrected chi connectivity index (χ4v) is 2.72. The first-order valence-corrected chi connectivity index (χ1v) is 7.90. The monoisotopic (exact) mass is 274 g/mol. The number of hydrogen-bond donors (Lipinski definition) is 2. The Morgan fingerprint density at radius 3 is 2.50 bits per heavy atom. The van der Waals surface area contributed by atoms with Crippen molar-refractivity contribution in [2.24, 2.45) is 5.92 Å². The largest absolute Gasteiger partial charge is 0.326 e. The Balaban J connectivity index is 1.77. The summed E-state index contributed by atoms with van der Waals surface area (Å²) >= 11 is 0. The summed E-state index contributed by atoms with van der Waals surface area (Å²) in [6, 6.07) is 8.25. The SMILES string of the molecule is CCCNCCc1ccc(NC(=O)C2CCCC2)cc1. The Labute approximate surface area is 122 Å². The normalized spacial score (nSPS) is 15.4. The van der Waals surface area contributed by atoms with Crippen molar-refractivity contribution in [1.82, 2.24) is 5.32 Å². The summed E-state index contributed by atoms with van der Waals surface area (Å²) in [5.74, 6) is 0.424. The lowest BCUT2D eigenvalue weighted by Crippen LogP contribution is -2.20. The molecule has 0 unspecified atom stereocenters. The highest BCUT2D eigenvalue weighted by Crippen LogP contribution is 2.26. The summed E-state index contributed by atoms with van der Waals surface area (Å²) in [4.78, 5) is 12.0. The van der Waals surface area contributed by atoms with Crippen molar-refractivity contribution >= 4 is 11.6 Å². The van der Waals surface area contributed by atoms with Gasteiger partial charge >= 0.3 is 0 Å². The first-order chi connectivity index (χ1) is 9.79. The summed E-state index contributed by atoms with van der Waals surface area (Å²) in [5.41, 5.74) is 2.24. The zero-order valence-corrected chi connectivity index (χ0v) is 12.5. The average molecular weight is 274 g/mol. The van der Waals surface area contributed by atoms with E-state index < -0.39 is 0 Å². The third-order valence-corrected chi connectivity index (χ3v) is 3.96. The maximum absolute atomic E-state index is 12.0. The molecule has 0 aliphatic heterocycles. The van der Waals surface area contributed by atoms with Gasteiger partial charge in [0.15, 0.2) is 0 Å². The van der Waals surface area contributed by atoms with Gasteiger partial charge in [-0.25, -0.2) is 0 Å². The van der Waals surface area contributed by atoms with Crippen LogP contribution >= 0.6 is 0 Å². The zero-order valence-electron chi connectivity index (χ0n) is 12.5. The third-order valence-electron chi connectivity index (χ3n) is 3.96. The van der Waals surface area contributed by atoms with Gasteiger partial charge in [-0.05, 0) is 56.5 Å². The van der Waals surface area contributed by atoms with Crippen LogP contribution in [0.2, 0.25) is 0 Å². The van der Waals surface area contributed by atoms with Crippen molar-refractivity contribution in [3.63, 3.8) is 0 Å². The van der Waals surface area contributed by atoms with Crippen LogP contribution in [0.15, 0.2) is 24.3 Å². The van der Waals surface area contributed by atoms with E-state index in [1.165, 1.54) is 24.8 Å². The molecule has 110 valence electrons. The Hall–Kier alpha value is -1.35. The fourth-order valence-electron chi connectivity index (χ4n) is 2.72. The highest BCUT2D eigenvalue weighted by Gasteiger charge is 2.22. The number of rotatable bonds is 7. The van der Waals surface area contributed by atoms with Gasteiger partial charge in [0.25, 0.3) is 0 Å². The molecule has 1 saturated carbocycles. The molecule has 1 aliphatic carbocycles. The van der Waals surface area contributed by atoms with Gasteiger partial charge < -0.3 is 10.6 Å². The van der Waals surface area contributed by atoms with Gasteiger partial charge in [0.05, 0.1) is 0 Å². The smallest absolute Gasteiger partial charge is 0.227 e. The molecular weight excluding hydrogens is 248 g/mol. The first kappa shape index (κ1) is 15.0. The van der Waals surface area contributed by atoms with E-state index in [1.54, 1.807) is 0 Å². The molecule has 1 aromatic rings. The molecule has 2 rings (SSSR count). The number of hydrogen-bond acceptors (Lipinski definition) is 2. The van der Waals surface area contributed by atoms with E-state index in [1.807, 2.05) is 12.1 Å². The van der Waals surface area contributed by atoms with E-state index in [0.717, 1.165) is 38.0 Å². The van der Waals surface area contributed by atoms with Crippen molar-refractivity contribution in [2.75, 3.05) is 18.4 Å². The van der Waals surface area contributed by atoms with E-state index in [2.05, 4.69) is 29.7 Å². The molecule has 0 radical (unpaired) electrons. The van der Waals surface area contributed by atoms with Gasteiger partial charge in [-0.15, -0.1) is 0 Å². The van der Waals surface area contributed by atoms with Crippen molar-refractivity contribution in [2.45, 2.75) is 45.4 Å². The Morgan fingerprint density at radius 2 is 1.85 bits per heavy atom. The van der Waals surface area contributed by atoms with Crippen LogP contribution in [0.3, 0.4) is 0 Å². The van der Waals surface area contributed by atoms with Crippen molar-refractivity contribution in [1.29, 1.82) is 0 Å². The van der Waals surface area contributed by atoms with Gasteiger partial charge in [0.2, 0.25) is 5.91 Å². The maximum Gasteiger partial charge on any atom is 0.227 e. The molecule has 3 nitrogen and oxygen atoms in total. The van der Waals surface area contributed by atoms with Gasteiger partial charge in [-0.2, -0.15) is 0 Å². The number of nitrogens with one attached hydrogen (secondary N) is 2. The van der Waals surface area contributed by atoms with Crippen LogP contribution < -0.4 is 10.6 Å². The minimum atomic E-state index is 0.194. The molecule has 1 fully saturated rings. The summed E-state index contributed by atoms with van der Waals surface area (Å²) in [7, 11) is 0. The quantitative estimate of drug-likeness (QED) is 0.749. The fraction of sp³-hybridized carbons (Fsp3) is 0.588. The molecule has 0 heterocycles. The Kier molecular flexibility index (Phi) is 6.06. The molecule has 0 aromatic heterocycles. The lowest BCUT2D eigenvalue weighted by Gasteiger charge is -2.11. The summed E-state index contributed by atoms with van der Waals surface area (Å²) in [6.07, 6.45) is 6.70. The van der Waals surface area contributed by atoms with Gasteiger partial charge in [0.1, 0.15) is 0 Å². The van der Waals surface area contributed by atoms with Crippen LogP contribution in [0.1, 0.15) is 44.6 Å². The Bertz CT molecular complexity index is 408. The third kappa shape index (κ3) is 4.64. The predicted molar refractivity (Wildman–Crippen MR) is 83.9 cm³/mol. The minimum absolute atomic E-state index is 0.194. The maximum atomic E-state index is 12.0. The zero-order chi connectivity index (χ0) is 14.2. The summed E-state index contributed by atoms with van der Waals surface area (Å²) in [6.45, 7) is 4.27.